The van der Waals surface area contributed by atoms with Crippen molar-refractivity contribution in [2.24, 2.45) is 10.8 Å². The molecule has 0 radical (unpaired) electrons. The molecule has 0 heterocycles. The number of rotatable bonds is 7. The molecule has 251 valence electrons. The summed E-state index contributed by atoms with van der Waals surface area (Å²) in [5, 5.41) is 0. The van der Waals surface area contributed by atoms with Crippen molar-refractivity contribution in [3.8, 4) is 22.3 Å². The molecule has 0 saturated heterocycles. The minimum absolute atomic E-state index is 0.0394. The van der Waals surface area contributed by atoms with Crippen molar-refractivity contribution in [3.63, 3.8) is 0 Å². The summed E-state index contributed by atoms with van der Waals surface area (Å²) in [5.41, 5.74) is 16.1. The first-order valence-electron chi connectivity index (χ1n) is 18.0. The quantitative estimate of drug-likeness (QED) is 0.164. The number of hydrogen-bond donors (Lipinski definition) is 0. The Balaban J connectivity index is 1.71. The van der Waals surface area contributed by atoms with E-state index in [0.29, 0.717) is 0 Å². The van der Waals surface area contributed by atoms with Gasteiger partial charge in [-0.25, -0.2) is 0 Å². The Morgan fingerprint density at radius 3 is 1.21 bits per heavy atom. The van der Waals surface area contributed by atoms with Gasteiger partial charge in [0.15, 0.2) is 0 Å². The van der Waals surface area contributed by atoms with Crippen LogP contribution in [0, 0.1) is 10.8 Å². The fourth-order valence-corrected chi connectivity index (χ4v) is 40.2. The first kappa shape index (κ1) is 35.9. The molecular weight excluding hydrogens is 719 g/mol. The van der Waals surface area contributed by atoms with Crippen molar-refractivity contribution < 1.29 is 15.6 Å². The van der Waals surface area contributed by atoms with E-state index in [1.807, 2.05) is 0 Å². The average molecular weight is 772 g/mol. The number of benzene rings is 4. The standard InChI is InChI=1S/2C21H23.C2H7Si.2ClH.Zr/c2*1-5-15-11-12-17-13-18(21(2,3)4)14-19(17)20(15)16-9-7-6-8-10-16;1-3-2;;;/h2*6-14H,5H2,1-4H3;3H,1-2H3;2*1H;/q;;;;;+2/p-2. The SMILES string of the molecule is CCc1ccc2c(c1-c1ccccc1)C=C(C(C)(C)C)[CH]2[Zr]([Cl])([Cl])([CH]1C(C(C)(C)C)=Cc2c1ccc(CC)c2-c1ccccc1)[SiH](C)C. The van der Waals surface area contributed by atoms with Gasteiger partial charge in [-0.1, -0.05) is 0 Å². The third-order valence-corrected chi connectivity index (χ3v) is 63.0. The van der Waals surface area contributed by atoms with E-state index in [1.54, 1.807) is 0 Å². The summed E-state index contributed by atoms with van der Waals surface area (Å²) < 4.78 is 0.0788. The Hall–Kier alpha value is -1.96. The second-order valence-corrected chi connectivity index (χ2v) is 59.1. The van der Waals surface area contributed by atoms with Crippen LogP contribution in [0.2, 0.25) is 13.1 Å². The van der Waals surface area contributed by atoms with E-state index in [9.17, 15) is 0 Å². The van der Waals surface area contributed by atoms with Crippen molar-refractivity contribution in [2.75, 3.05) is 0 Å². The van der Waals surface area contributed by atoms with Gasteiger partial charge in [0.25, 0.3) is 0 Å². The van der Waals surface area contributed by atoms with Gasteiger partial charge in [0, 0.05) is 0 Å². The molecule has 4 aromatic rings. The van der Waals surface area contributed by atoms with Crippen LogP contribution in [0.3, 0.4) is 0 Å². The van der Waals surface area contributed by atoms with Gasteiger partial charge in [-0.15, -0.1) is 0 Å². The normalized spacial score (nSPS) is 18.6. The molecule has 48 heavy (non-hydrogen) atoms. The molecule has 0 nitrogen and oxygen atoms in total. The fraction of sp³-hybridized carbons (Fsp3) is 0.364. The molecule has 2 unspecified atom stereocenters. The Bertz CT molecular complexity index is 1790. The molecule has 0 aromatic heterocycles. The summed E-state index contributed by atoms with van der Waals surface area (Å²) in [4.78, 5) is 0. The molecule has 2 atom stereocenters. The number of fused-ring (bicyclic) bond motifs is 2. The van der Waals surface area contributed by atoms with Crippen molar-refractivity contribution in [1.82, 2.24) is 0 Å². The minimum atomic E-state index is -5.02. The van der Waals surface area contributed by atoms with Gasteiger partial charge >= 0.3 is 302 Å². The van der Waals surface area contributed by atoms with E-state index in [4.69, 9.17) is 17.0 Å². The molecule has 0 N–H and O–H groups in total. The van der Waals surface area contributed by atoms with Gasteiger partial charge in [0.05, 0.1) is 0 Å². The Morgan fingerprint density at radius 2 is 0.917 bits per heavy atom. The molecule has 6 rings (SSSR count). The van der Waals surface area contributed by atoms with Gasteiger partial charge < -0.3 is 0 Å². The van der Waals surface area contributed by atoms with Crippen LogP contribution < -0.4 is 0 Å². The predicted octanol–water partition coefficient (Wildman–Crippen LogP) is 13.8. The Morgan fingerprint density at radius 1 is 0.562 bits per heavy atom. The van der Waals surface area contributed by atoms with E-state index < -0.39 is 21.5 Å². The van der Waals surface area contributed by atoms with Crippen LogP contribution in [-0.2, 0) is 28.4 Å². The summed E-state index contributed by atoms with van der Waals surface area (Å²) >= 11 is -5.02. The van der Waals surface area contributed by atoms with Crippen LogP contribution in [0.25, 0.3) is 34.4 Å². The second-order valence-electron chi connectivity index (χ2n) is 16.6. The van der Waals surface area contributed by atoms with E-state index in [2.05, 4.69) is 166 Å². The zero-order valence-corrected chi connectivity index (χ0v) is 35.8. The second kappa shape index (κ2) is 12.7. The molecule has 2 aliphatic carbocycles. The van der Waals surface area contributed by atoms with Crippen molar-refractivity contribution in [2.45, 2.75) is 88.6 Å². The summed E-state index contributed by atoms with van der Waals surface area (Å²) in [6.45, 7) is 23.7. The van der Waals surface area contributed by atoms with Crippen molar-refractivity contribution >= 4 is 35.1 Å². The predicted molar refractivity (Wildman–Crippen MR) is 213 cm³/mol. The summed E-state index contributed by atoms with van der Waals surface area (Å²) in [6, 6.07) is 31.5. The average Bonchev–Trinajstić information content (AvgIpc) is 3.66. The van der Waals surface area contributed by atoms with Crippen molar-refractivity contribution in [3.05, 3.63) is 129 Å². The number of allylic oxidation sites excluding steroid dienone is 2. The summed E-state index contributed by atoms with van der Waals surface area (Å²) in [6.07, 6.45) is 7.02. The molecular formula is C44H53Cl2SiZr. The van der Waals surface area contributed by atoms with E-state index >= 15 is 0 Å². The molecule has 0 fully saturated rings. The maximum absolute atomic E-state index is 8.90. The fourth-order valence-electron chi connectivity index (χ4n) is 8.79. The van der Waals surface area contributed by atoms with Gasteiger partial charge in [-0.2, -0.15) is 0 Å². The number of halogens is 2. The Kier molecular flexibility index (Phi) is 9.46. The summed E-state index contributed by atoms with van der Waals surface area (Å²) in [5.74, 6) is -1.72. The number of aryl methyl sites for hydroxylation is 2. The third kappa shape index (κ3) is 5.66. The third-order valence-electron chi connectivity index (χ3n) is 11.4. The first-order valence-corrected chi connectivity index (χ1v) is 34.3. The zero-order chi connectivity index (χ0) is 34.8. The van der Waals surface area contributed by atoms with Gasteiger partial charge in [0.2, 0.25) is 0 Å². The number of hydrogen-bond acceptors (Lipinski definition) is 0. The Labute approximate surface area is 299 Å². The molecule has 2 aliphatic rings. The molecule has 0 amide bonds. The monoisotopic (exact) mass is 769 g/mol. The van der Waals surface area contributed by atoms with Crippen LogP contribution in [0.1, 0.15) is 96.0 Å². The van der Waals surface area contributed by atoms with Crippen molar-refractivity contribution in [1.29, 1.82) is 0 Å². The molecule has 0 bridgehead atoms. The van der Waals surface area contributed by atoms with Crippen LogP contribution in [0.5, 0.6) is 0 Å². The first-order chi connectivity index (χ1) is 22.5. The topological polar surface area (TPSA) is 0 Å². The molecule has 4 aromatic carbocycles. The van der Waals surface area contributed by atoms with Crippen LogP contribution in [0.4, 0.5) is 0 Å². The van der Waals surface area contributed by atoms with E-state index in [-0.39, 0.29) is 18.1 Å². The van der Waals surface area contributed by atoms with E-state index in [1.165, 1.54) is 66.8 Å². The molecule has 0 spiro atoms. The van der Waals surface area contributed by atoms with Gasteiger partial charge in [-0.3, -0.25) is 0 Å². The van der Waals surface area contributed by atoms with Gasteiger partial charge in [-0.05, 0) is 0 Å². The molecule has 4 heteroatoms. The van der Waals surface area contributed by atoms with E-state index in [0.717, 1.165) is 12.8 Å². The van der Waals surface area contributed by atoms with Crippen LogP contribution >= 0.6 is 17.0 Å². The molecule has 0 aliphatic heterocycles. The van der Waals surface area contributed by atoms with Crippen LogP contribution in [-0.4, -0.2) is 5.92 Å². The summed E-state index contributed by atoms with van der Waals surface area (Å²) in [7, 11) is 17.8. The maximum atomic E-state index is 8.90. The zero-order valence-electron chi connectivity index (χ0n) is 30.6. The van der Waals surface area contributed by atoms with Crippen LogP contribution in [0.15, 0.2) is 96.1 Å². The molecule has 0 saturated carbocycles. The van der Waals surface area contributed by atoms with Gasteiger partial charge in [0.1, 0.15) is 0 Å².